The third-order valence-electron chi connectivity index (χ3n) is 7.20. The number of hydrogen-bond acceptors (Lipinski definition) is 4. The van der Waals surface area contributed by atoms with Crippen LogP contribution >= 0.6 is 0 Å². The fraction of sp³-hybridized carbons (Fsp3) is 0.188. The number of nitrogens with zero attached hydrogens (tertiary/aromatic N) is 4. The van der Waals surface area contributed by atoms with Crippen LogP contribution in [0.15, 0.2) is 97.2 Å². The molecule has 1 atom stereocenters. The Kier molecular flexibility index (Phi) is 6.74. The summed E-state index contributed by atoms with van der Waals surface area (Å²) in [5.41, 5.74) is 5.33. The van der Waals surface area contributed by atoms with Gasteiger partial charge in [-0.2, -0.15) is 5.10 Å². The average Bonchev–Trinajstić information content (AvgIpc) is 3.55. The van der Waals surface area contributed by atoms with Gasteiger partial charge in [0, 0.05) is 11.8 Å². The Bertz CT molecular complexity index is 1640. The molecule has 0 fully saturated rings. The Labute approximate surface area is 233 Å². The van der Waals surface area contributed by atoms with Gasteiger partial charge in [0.2, 0.25) is 0 Å². The predicted molar refractivity (Wildman–Crippen MR) is 155 cm³/mol. The molecule has 0 bridgehead atoms. The highest BCUT2D eigenvalue weighted by Gasteiger charge is 2.36. The lowest BCUT2D eigenvalue weighted by Gasteiger charge is -2.31. The van der Waals surface area contributed by atoms with E-state index in [1.165, 1.54) is 0 Å². The lowest BCUT2D eigenvalue weighted by molar-refractivity contribution is 0.194. The van der Waals surface area contributed by atoms with Crippen molar-refractivity contribution in [3.05, 3.63) is 120 Å². The lowest BCUT2D eigenvalue weighted by Crippen LogP contribution is -2.38. The lowest BCUT2D eigenvalue weighted by atomic mass is 10.0. The third kappa shape index (κ3) is 4.47. The first kappa shape index (κ1) is 25.3. The van der Waals surface area contributed by atoms with Gasteiger partial charge in [0.25, 0.3) is 0 Å². The van der Waals surface area contributed by atoms with Crippen molar-refractivity contribution in [1.82, 2.24) is 19.2 Å². The van der Waals surface area contributed by atoms with Crippen LogP contribution < -0.4 is 14.8 Å². The number of rotatable bonds is 6. The normalized spacial score (nSPS) is 14.2. The SMILES string of the molecule is CCOc1ccc([C@@H]2c3cccn3-c3c(c(C)nn3-c3ccccc3)CN2C(=O)Nc2ccccc2OC)cc1. The van der Waals surface area contributed by atoms with Crippen molar-refractivity contribution in [2.45, 2.75) is 26.4 Å². The molecule has 1 aliphatic rings. The van der Waals surface area contributed by atoms with Crippen LogP contribution in [0.3, 0.4) is 0 Å². The molecule has 40 heavy (non-hydrogen) atoms. The van der Waals surface area contributed by atoms with Gasteiger partial charge in [-0.25, -0.2) is 9.48 Å². The number of carbonyl (C=O) groups excluding carboxylic acids is 1. The van der Waals surface area contributed by atoms with Crippen molar-refractivity contribution in [3.63, 3.8) is 0 Å². The van der Waals surface area contributed by atoms with Gasteiger partial charge in [-0.05, 0) is 67.9 Å². The van der Waals surface area contributed by atoms with Crippen molar-refractivity contribution in [3.8, 4) is 23.0 Å². The van der Waals surface area contributed by atoms with Crippen LogP contribution in [-0.2, 0) is 6.54 Å². The van der Waals surface area contributed by atoms with Gasteiger partial charge >= 0.3 is 6.03 Å². The van der Waals surface area contributed by atoms with E-state index in [1.54, 1.807) is 7.11 Å². The highest BCUT2D eigenvalue weighted by Crippen LogP contribution is 2.39. The zero-order valence-corrected chi connectivity index (χ0v) is 22.7. The molecule has 2 aromatic heterocycles. The Morgan fingerprint density at radius 2 is 1.73 bits per heavy atom. The molecule has 0 radical (unpaired) electrons. The van der Waals surface area contributed by atoms with E-state index in [4.69, 9.17) is 14.6 Å². The minimum Gasteiger partial charge on any atom is -0.495 e. The van der Waals surface area contributed by atoms with Gasteiger partial charge < -0.3 is 24.3 Å². The van der Waals surface area contributed by atoms with Gasteiger partial charge in [0.05, 0.1) is 49.1 Å². The number of amides is 2. The molecule has 8 nitrogen and oxygen atoms in total. The molecular weight excluding hydrogens is 502 g/mol. The maximum atomic E-state index is 14.2. The smallest absolute Gasteiger partial charge is 0.323 e. The van der Waals surface area contributed by atoms with E-state index in [1.807, 2.05) is 115 Å². The largest absolute Gasteiger partial charge is 0.495 e. The second-order valence-electron chi connectivity index (χ2n) is 9.60. The Hall–Kier alpha value is -4.98. The van der Waals surface area contributed by atoms with Gasteiger partial charge in [-0.3, -0.25) is 0 Å². The van der Waals surface area contributed by atoms with Gasteiger partial charge in [-0.15, -0.1) is 0 Å². The van der Waals surface area contributed by atoms with Crippen molar-refractivity contribution in [2.24, 2.45) is 0 Å². The van der Waals surface area contributed by atoms with Crippen molar-refractivity contribution in [2.75, 3.05) is 19.0 Å². The van der Waals surface area contributed by atoms with Crippen LogP contribution in [0.25, 0.3) is 11.5 Å². The molecule has 2 amide bonds. The number of benzene rings is 3. The van der Waals surface area contributed by atoms with E-state index in [0.717, 1.165) is 39.8 Å². The monoisotopic (exact) mass is 533 g/mol. The molecule has 202 valence electrons. The topological polar surface area (TPSA) is 73.5 Å². The molecule has 0 spiro atoms. The number of methoxy groups -OCH3 is 1. The van der Waals surface area contributed by atoms with Crippen LogP contribution in [0.4, 0.5) is 10.5 Å². The van der Waals surface area contributed by atoms with Crippen LogP contribution in [-0.4, -0.2) is 39.0 Å². The molecule has 0 saturated carbocycles. The van der Waals surface area contributed by atoms with E-state index >= 15 is 0 Å². The van der Waals surface area contributed by atoms with E-state index in [2.05, 4.69) is 16.0 Å². The first-order valence-electron chi connectivity index (χ1n) is 13.3. The van der Waals surface area contributed by atoms with E-state index in [9.17, 15) is 4.79 Å². The van der Waals surface area contributed by atoms with E-state index in [-0.39, 0.29) is 12.1 Å². The molecule has 1 N–H and O–H groups in total. The fourth-order valence-corrected chi connectivity index (χ4v) is 5.35. The van der Waals surface area contributed by atoms with Gasteiger partial charge in [-0.1, -0.05) is 42.5 Å². The van der Waals surface area contributed by atoms with Crippen molar-refractivity contribution < 1.29 is 14.3 Å². The summed E-state index contributed by atoms with van der Waals surface area (Å²) in [6.45, 7) is 4.90. The number of carbonyl (C=O) groups is 1. The maximum Gasteiger partial charge on any atom is 0.323 e. The number of hydrogen-bond donors (Lipinski definition) is 1. The highest BCUT2D eigenvalue weighted by molar-refractivity contribution is 5.91. The van der Waals surface area contributed by atoms with Gasteiger partial charge in [0.15, 0.2) is 0 Å². The molecule has 0 aliphatic carbocycles. The number of urea groups is 1. The van der Waals surface area contributed by atoms with Crippen LogP contribution in [0.1, 0.15) is 35.5 Å². The van der Waals surface area contributed by atoms with Crippen molar-refractivity contribution >= 4 is 11.7 Å². The van der Waals surface area contributed by atoms with Crippen LogP contribution in [0.5, 0.6) is 11.5 Å². The second kappa shape index (κ2) is 10.6. The summed E-state index contributed by atoms with van der Waals surface area (Å²) in [6.07, 6.45) is 2.04. The van der Waals surface area contributed by atoms with Gasteiger partial charge in [0.1, 0.15) is 17.3 Å². The number of aromatic nitrogens is 3. The van der Waals surface area contributed by atoms with E-state index < -0.39 is 0 Å². The quantitative estimate of drug-likeness (QED) is 0.270. The first-order chi connectivity index (χ1) is 19.6. The van der Waals surface area contributed by atoms with Crippen LogP contribution in [0.2, 0.25) is 0 Å². The summed E-state index contributed by atoms with van der Waals surface area (Å²) in [5, 5.41) is 8.02. The molecular formula is C32H31N5O3. The zero-order valence-electron chi connectivity index (χ0n) is 22.7. The Morgan fingerprint density at radius 3 is 2.48 bits per heavy atom. The number of fused-ring (bicyclic) bond motifs is 3. The summed E-state index contributed by atoms with van der Waals surface area (Å²) in [4.78, 5) is 16.0. The highest BCUT2D eigenvalue weighted by atomic mass is 16.5. The standard InChI is InChI=1S/C32H31N5O3/c1-4-40-25-18-16-23(17-19-25)30-28-14-10-20-35(28)31-26(22(2)34-37(31)24-11-6-5-7-12-24)21-36(30)32(38)33-27-13-8-9-15-29(27)39-3/h5-20,30H,4,21H2,1-3H3,(H,33,38)/t30-/m1/s1. The number of para-hydroxylation sites is 3. The van der Waals surface area contributed by atoms with Crippen LogP contribution in [0, 0.1) is 6.92 Å². The molecule has 3 heterocycles. The molecule has 6 rings (SSSR count). The summed E-state index contributed by atoms with van der Waals surface area (Å²) in [6, 6.07) is 28.9. The number of nitrogens with one attached hydrogen (secondary N) is 1. The molecule has 5 aromatic rings. The second-order valence-corrected chi connectivity index (χ2v) is 9.60. The van der Waals surface area contributed by atoms with Crippen molar-refractivity contribution in [1.29, 1.82) is 0 Å². The van der Waals surface area contributed by atoms with E-state index in [0.29, 0.717) is 24.6 Å². The summed E-state index contributed by atoms with van der Waals surface area (Å²) in [5.74, 6) is 2.31. The average molecular weight is 534 g/mol. The molecule has 0 unspecified atom stereocenters. The molecule has 0 saturated heterocycles. The molecule has 1 aliphatic heterocycles. The first-order valence-corrected chi connectivity index (χ1v) is 13.3. The Balaban J connectivity index is 1.51. The maximum absolute atomic E-state index is 14.2. The molecule has 3 aromatic carbocycles. The summed E-state index contributed by atoms with van der Waals surface area (Å²) in [7, 11) is 1.60. The summed E-state index contributed by atoms with van der Waals surface area (Å²) >= 11 is 0. The number of ether oxygens (including phenoxy) is 2. The zero-order chi connectivity index (χ0) is 27.6. The molecule has 8 heteroatoms. The number of anilines is 1. The minimum atomic E-state index is -0.378. The minimum absolute atomic E-state index is 0.240. The predicted octanol–water partition coefficient (Wildman–Crippen LogP) is 6.52. The summed E-state index contributed by atoms with van der Waals surface area (Å²) < 4.78 is 15.3. The number of aryl methyl sites for hydroxylation is 1. The third-order valence-corrected chi connectivity index (χ3v) is 7.20. The Morgan fingerprint density at radius 1 is 0.975 bits per heavy atom. The fourth-order valence-electron chi connectivity index (χ4n) is 5.35.